The van der Waals surface area contributed by atoms with Gasteiger partial charge in [0.05, 0.1) is 12.2 Å². The lowest BCUT2D eigenvalue weighted by Gasteiger charge is -2.18. The van der Waals surface area contributed by atoms with Gasteiger partial charge in [0.1, 0.15) is 5.69 Å². The van der Waals surface area contributed by atoms with Crippen LogP contribution >= 0.6 is 0 Å². The molecule has 2 N–H and O–H groups in total. The number of ether oxygens (including phenoxy) is 1. The van der Waals surface area contributed by atoms with Crippen LogP contribution < -0.4 is 15.4 Å². The van der Waals surface area contributed by atoms with Crippen molar-refractivity contribution >= 4 is 17.9 Å². The molecule has 2 aliphatic rings. The van der Waals surface area contributed by atoms with Gasteiger partial charge < -0.3 is 10.5 Å². The molecule has 0 bridgehead atoms. The number of aromatic nitrogens is 4. The van der Waals surface area contributed by atoms with Crippen molar-refractivity contribution in [3.05, 3.63) is 29.8 Å². The van der Waals surface area contributed by atoms with Crippen LogP contribution in [0.3, 0.4) is 0 Å². The summed E-state index contributed by atoms with van der Waals surface area (Å²) in [6.45, 7) is 8.59. The predicted molar refractivity (Wildman–Crippen MR) is 101 cm³/mol. The summed E-state index contributed by atoms with van der Waals surface area (Å²) in [5.41, 5.74) is 6.32. The topological polar surface area (TPSA) is 116 Å². The average Bonchev–Trinajstić information content (AvgIpc) is 3.15. The second kappa shape index (κ2) is 6.29. The van der Waals surface area contributed by atoms with Crippen molar-refractivity contribution < 1.29 is 14.3 Å². The van der Waals surface area contributed by atoms with Crippen LogP contribution in [0.4, 0.5) is 10.7 Å². The molecule has 0 radical (unpaired) electrons. The van der Waals surface area contributed by atoms with E-state index in [9.17, 15) is 9.59 Å². The van der Waals surface area contributed by atoms with E-state index in [4.69, 9.17) is 10.5 Å². The fraction of sp³-hybridized carbons (Fsp3) is 0.526. The monoisotopic (exact) mass is 384 g/mol. The Morgan fingerprint density at radius 2 is 2.00 bits per heavy atom. The number of carbonyl (C=O) groups is 2. The minimum Gasteiger partial charge on any atom is -0.407 e. The molecule has 0 unspecified atom stereocenters. The Balaban J connectivity index is 1.57. The standard InChI is InChI=1S/C19H24N6O3/c1-10(25-9-14(28-17(20)27)15(23-25)19(2,3)4)12-6-21-18(22-7-12)24-8-11-5-13(11)16(24)26/h6-7,9-11,13H,5,8H2,1-4H3,(H2,20,27)/t10-,11+,13+/m0/s1. The van der Waals surface area contributed by atoms with Crippen LogP contribution in [0, 0.1) is 11.8 Å². The van der Waals surface area contributed by atoms with Crippen molar-refractivity contribution in [3.63, 3.8) is 0 Å². The van der Waals surface area contributed by atoms with Crippen LogP contribution in [0.25, 0.3) is 0 Å². The summed E-state index contributed by atoms with van der Waals surface area (Å²) in [5.74, 6) is 1.55. The molecule has 2 aromatic rings. The smallest absolute Gasteiger partial charge is 0.407 e. The number of piperidine rings is 1. The van der Waals surface area contributed by atoms with E-state index < -0.39 is 6.09 Å². The van der Waals surface area contributed by atoms with Gasteiger partial charge in [-0.3, -0.25) is 14.4 Å². The summed E-state index contributed by atoms with van der Waals surface area (Å²) in [4.78, 5) is 33.9. The number of primary amides is 1. The lowest BCUT2D eigenvalue weighted by molar-refractivity contribution is -0.118. The van der Waals surface area contributed by atoms with E-state index in [0.717, 1.165) is 12.0 Å². The van der Waals surface area contributed by atoms with Gasteiger partial charge in [-0.2, -0.15) is 5.10 Å². The number of hydrogen-bond acceptors (Lipinski definition) is 6. The molecular weight excluding hydrogens is 360 g/mol. The number of amides is 2. The van der Waals surface area contributed by atoms with Crippen molar-refractivity contribution in [2.45, 2.75) is 45.6 Å². The molecule has 1 aliphatic carbocycles. The molecule has 28 heavy (non-hydrogen) atoms. The van der Waals surface area contributed by atoms with Crippen LogP contribution in [0.15, 0.2) is 18.6 Å². The van der Waals surface area contributed by atoms with E-state index in [1.54, 1.807) is 28.2 Å². The minimum atomic E-state index is -0.876. The predicted octanol–water partition coefficient (Wildman–Crippen LogP) is 2.02. The molecule has 0 spiro atoms. The lowest BCUT2D eigenvalue weighted by atomic mass is 9.92. The normalized spacial score (nSPS) is 22.1. The van der Waals surface area contributed by atoms with Crippen LogP contribution in [0.1, 0.15) is 51.4 Å². The van der Waals surface area contributed by atoms with Gasteiger partial charge in [-0.05, 0) is 19.3 Å². The molecule has 148 valence electrons. The van der Waals surface area contributed by atoms with Gasteiger partial charge in [-0.1, -0.05) is 20.8 Å². The summed E-state index contributed by atoms with van der Waals surface area (Å²) in [6, 6.07) is -0.192. The molecule has 1 saturated carbocycles. The van der Waals surface area contributed by atoms with Gasteiger partial charge in [0.25, 0.3) is 0 Å². The summed E-state index contributed by atoms with van der Waals surface area (Å²) in [6.07, 6.45) is 5.18. The number of carbonyl (C=O) groups excluding carboxylic acids is 2. The van der Waals surface area contributed by atoms with E-state index in [0.29, 0.717) is 29.9 Å². The highest BCUT2D eigenvalue weighted by Crippen LogP contribution is 2.46. The first-order chi connectivity index (χ1) is 13.1. The number of rotatable bonds is 4. The highest BCUT2D eigenvalue weighted by atomic mass is 16.5. The Labute approximate surface area is 162 Å². The number of hydrogen-bond donors (Lipinski definition) is 1. The summed E-state index contributed by atoms with van der Waals surface area (Å²) in [7, 11) is 0. The zero-order chi connectivity index (χ0) is 20.2. The van der Waals surface area contributed by atoms with E-state index >= 15 is 0 Å². The lowest BCUT2D eigenvalue weighted by Crippen LogP contribution is -2.29. The van der Waals surface area contributed by atoms with Gasteiger partial charge in [0.15, 0.2) is 5.75 Å². The maximum atomic E-state index is 12.2. The molecule has 9 nitrogen and oxygen atoms in total. The molecule has 3 heterocycles. The minimum absolute atomic E-state index is 0.126. The maximum Gasteiger partial charge on any atom is 0.410 e. The molecular formula is C19H24N6O3. The van der Waals surface area contributed by atoms with Gasteiger partial charge in [0, 0.05) is 35.8 Å². The molecule has 3 atom stereocenters. The SMILES string of the molecule is C[C@@H](c1cnc(N2C[C@H]3C[C@H]3C2=O)nc1)n1cc(OC(N)=O)c(C(C)(C)C)n1. The second-order valence-electron chi connectivity index (χ2n) is 8.54. The maximum absolute atomic E-state index is 12.2. The summed E-state index contributed by atoms with van der Waals surface area (Å²) < 4.78 is 6.83. The Morgan fingerprint density at radius 1 is 1.32 bits per heavy atom. The van der Waals surface area contributed by atoms with Crippen molar-refractivity contribution in [2.24, 2.45) is 17.6 Å². The molecule has 2 aromatic heterocycles. The number of nitrogens with zero attached hydrogens (tertiary/aromatic N) is 5. The number of fused-ring (bicyclic) bond motifs is 1. The first-order valence-electron chi connectivity index (χ1n) is 9.35. The molecule has 2 fully saturated rings. The molecule has 1 saturated heterocycles. The Kier molecular flexibility index (Phi) is 4.13. The van der Waals surface area contributed by atoms with Crippen molar-refractivity contribution in [2.75, 3.05) is 11.4 Å². The third-order valence-corrected chi connectivity index (χ3v) is 5.32. The molecule has 4 rings (SSSR count). The molecule has 2 amide bonds. The first-order valence-corrected chi connectivity index (χ1v) is 9.35. The molecule has 9 heteroatoms. The highest BCUT2D eigenvalue weighted by Gasteiger charge is 2.53. The van der Waals surface area contributed by atoms with Crippen molar-refractivity contribution in [1.29, 1.82) is 0 Å². The van der Waals surface area contributed by atoms with E-state index in [1.807, 2.05) is 27.7 Å². The van der Waals surface area contributed by atoms with Crippen LogP contribution in [-0.2, 0) is 10.2 Å². The highest BCUT2D eigenvalue weighted by molar-refractivity contribution is 5.98. The molecule has 1 aliphatic heterocycles. The van der Waals surface area contributed by atoms with Crippen molar-refractivity contribution in [1.82, 2.24) is 19.7 Å². The first kappa shape index (κ1) is 18.4. The fourth-order valence-electron chi connectivity index (χ4n) is 3.57. The van der Waals surface area contributed by atoms with Gasteiger partial charge in [0.2, 0.25) is 11.9 Å². The number of nitrogens with two attached hydrogens (primary N) is 1. The average molecular weight is 384 g/mol. The van der Waals surface area contributed by atoms with Gasteiger partial charge in [-0.25, -0.2) is 14.8 Å². The Hall–Kier alpha value is -2.97. The van der Waals surface area contributed by atoms with E-state index in [2.05, 4.69) is 15.1 Å². The van der Waals surface area contributed by atoms with Crippen molar-refractivity contribution in [3.8, 4) is 5.75 Å². The second-order valence-corrected chi connectivity index (χ2v) is 8.54. The molecule has 0 aromatic carbocycles. The van der Waals surface area contributed by atoms with Crippen LogP contribution in [-0.4, -0.2) is 38.3 Å². The third kappa shape index (κ3) is 3.21. The van der Waals surface area contributed by atoms with E-state index in [1.165, 1.54) is 0 Å². The Bertz CT molecular complexity index is 930. The third-order valence-electron chi connectivity index (χ3n) is 5.32. The summed E-state index contributed by atoms with van der Waals surface area (Å²) in [5, 5.41) is 4.60. The number of anilines is 1. The van der Waals surface area contributed by atoms with Crippen LogP contribution in [0.2, 0.25) is 0 Å². The van der Waals surface area contributed by atoms with E-state index in [-0.39, 0.29) is 23.3 Å². The largest absolute Gasteiger partial charge is 0.410 e. The zero-order valence-electron chi connectivity index (χ0n) is 16.4. The fourth-order valence-corrected chi connectivity index (χ4v) is 3.57. The quantitative estimate of drug-likeness (QED) is 0.862. The van der Waals surface area contributed by atoms with Crippen LogP contribution in [0.5, 0.6) is 5.75 Å². The Morgan fingerprint density at radius 3 is 2.54 bits per heavy atom. The zero-order valence-corrected chi connectivity index (χ0v) is 16.4. The van der Waals surface area contributed by atoms with Gasteiger partial charge in [-0.15, -0.1) is 0 Å². The van der Waals surface area contributed by atoms with Gasteiger partial charge >= 0.3 is 6.09 Å². The summed E-state index contributed by atoms with van der Waals surface area (Å²) >= 11 is 0.